The summed E-state index contributed by atoms with van der Waals surface area (Å²) in [6, 6.07) is 0. The Kier molecular flexibility index (Phi) is 5.03. The first-order chi connectivity index (χ1) is 13.0. The van der Waals surface area contributed by atoms with Gasteiger partial charge in [-0.15, -0.1) is 0 Å². The SMILES string of the molecule is CCOC(=O)N1CCC(C(=O)NNC(=O)C23CC4CC(CC(C4)C2)C3)CC1. The van der Waals surface area contributed by atoms with Gasteiger partial charge < -0.3 is 9.64 Å². The smallest absolute Gasteiger partial charge is 0.409 e. The highest BCUT2D eigenvalue weighted by atomic mass is 16.6. The number of amides is 3. The monoisotopic (exact) mass is 377 g/mol. The lowest BCUT2D eigenvalue weighted by molar-refractivity contribution is -0.149. The topological polar surface area (TPSA) is 87.7 Å². The highest BCUT2D eigenvalue weighted by Crippen LogP contribution is 2.60. The van der Waals surface area contributed by atoms with Crippen LogP contribution in [-0.2, 0) is 14.3 Å². The predicted octanol–water partition coefficient (Wildman–Crippen LogP) is 2.22. The van der Waals surface area contributed by atoms with Gasteiger partial charge in [-0.05, 0) is 76.0 Å². The zero-order valence-corrected chi connectivity index (χ0v) is 16.2. The predicted molar refractivity (Wildman–Crippen MR) is 98.2 cm³/mol. The molecule has 0 unspecified atom stereocenters. The Labute approximate surface area is 160 Å². The molecule has 0 aromatic carbocycles. The summed E-state index contributed by atoms with van der Waals surface area (Å²) in [5.74, 6) is 1.79. The van der Waals surface area contributed by atoms with Crippen LogP contribution in [0.5, 0.6) is 0 Å². The summed E-state index contributed by atoms with van der Waals surface area (Å²) in [6.45, 7) is 3.17. The second-order valence-electron chi connectivity index (χ2n) is 9.10. The standard InChI is InChI=1S/C20H31N3O4/c1-2-27-19(26)23-5-3-16(4-6-23)17(24)21-22-18(25)20-10-13-7-14(11-20)9-15(8-13)12-20/h13-16H,2-12H2,1H3,(H,21,24)(H,22,25). The van der Waals surface area contributed by atoms with Crippen LogP contribution in [0.2, 0.25) is 0 Å². The first-order valence-corrected chi connectivity index (χ1v) is 10.5. The summed E-state index contributed by atoms with van der Waals surface area (Å²) >= 11 is 0. The molecule has 2 N–H and O–H groups in total. The van der Waals surface area contributed by atoms with Crippen molar-refractivity contribution in [2.24, 2.45) is 29.1 Å². The lowest BCUT2D eigenvalue weighted by atomic mass is 9.49. The van der Waals surface area contributed by atoms with E-state index in [0.717, 1.165) is 19.3 Å². The van der Waals surface area contributed by atoms with Crippen LogP contribution in [0.3, 0.4) is 0 Å². The van der Waals surface area contributed by atoms with Crippen LogP contribution >= 0.6 is 0 Å². The van der Waals surface area contributed by atoms with Crippen molar-refractivity contribution in [2.75, 3.05) is 19.7 Å². The first kappa shape index (κ1) is 18.6. The lowest BCUT2D eigenvalue weighted by Crippen LogP contribution is -2.57. The Hall–Kier alpha value is -1.79. The van der Waals surface area contributed by atoms with Crippen molar-refractivity contribution < 1.29 is 19.1 Å². The summed E-state index contributed by atoms with van der Waals surface area (Å²) in [4.78, 5) is 38.8. The van der Waals surface area contributed by atoms with E-state index in [9.17, 15) is 14.4 Å². The molecule has 7 nitrogen and oxygen atoms in total. The van der Waals surface area contributed by atoms with Gasteiger partial charge in [0.25, 0.3) is 0 Å². The third-order valence-corrected chi connectivity index (χ3v) is 7.21. The van der Waals surface area contributed by atoms with E-state index < -0.39 is 0 Å². The largest absolute Gasteiger partial charge is 0.450 e. The van der Waals surface area contributed by atoms with E-state index in [0.29, 0.717) is 50.3 Å². The van der Waals surface area contributed by atoms with Gasteiger partial charge in [-0.25, -0.2) is 4.79 Å². The Morgan fingerprint density at radius 1 is 0.963 bits per heavy atom. The molecule has 0 aromatic heterocycles. The molecule has 1 aliphatic heterocycles. The number of piperidine rings is 1. The Balaban J connectivity index is 1.25. The number of hydrogen-bond acceptors (Lipinski definition) is 4. The molecular weight excluding hydrogens is 346 g/mol. The molecule has 0 aromatic rings. The van der Waals surface area contributed by atoms with E-state index in [4.69, 9.17) is 4.74 Å². The van der Waals surface area contributed by atoms with Gasteiger partial charge in [0.2, 0.25) is 11.8 Å². The molecule has 5 rings (SSSR count). The fourth-order valence-electron chi connectivity index (χ4n) is 6.28. The third kappa shape index (κ3) is 3.65. The maximum absolute atomic E-state index is 12.9. The first-order valence-electron chi connectivity index (χ1n) is 10.5. The van der Waals surface area contributed by atoms with Crippen LogP contribution in [-0.4, -0.2) is 42.5 Å². The summed E-state index contributed by atoms with van der Waals surface area (Å²) in [5.41, 5.74) is 5.17. The minimum Gasteiger partial charge on any atom is -0.450 e. The van der Waals surface area contributed by atoms with Gasteiger partial charge in [0.15, 0.2) is 0 Å². The normalized spacial score (nSPS) is 35.0. The van der Waals surface area contributed by atoms with E-state index in [1.807, 2.05) is 0 Å². The number of hydrogen-bond donors (Lipinski definition) is 2. The molecule has 4 aliphatic carbocycles. The van der Waals surface area contributed by atoms with Crippen molar-refractivity contribution in [1.29, 1.82) is 0 Å². The summed E-state index contributed by atoms with van der Waals surface area (Å²) in [5, 5.41) is 0. The molecule has 4 saturated carbocycles. The maximum Gasteiger partial charge on any atom is 0.409 e. The highest BCUT2D eigenvalue weighted by molar-refractivity contribution is 5.87. The quantitative estimate of drug-likeness (QED) is 0.738. The van der Waals surface area contributed by atoms with Crippen molar-refractivity contribution in [3.05, 3.63) is 0 Å². The Bertz CT molecular complexity index is 577. The van der Waals surface area contributed by atoms with E-state index in [1.54, 1.807) is 11.8 Å². The second-order valence-corrected chi connectivity index (χ2v) is 9.10. The molecule has 3 amide bonds. The van der Waals surface area contributed by atoms with Crippen molar-refractivity contribution >= 4 is 17.9 Å². The molecule has 0 radical (unpaired) electrons. The fourth-order valence-corrected chi connectivity index (χ4v) is 6.28. The van der Waals surface area contributed by atoms with E-state index in [-0.39, 0.29) is 29.2 Å². The van der Waals surface area contributed by atoms with Gasteiger partial charge in [-0.2, -0.15) is 0 Å². The van der Waals surface area contributed by atoms with Crippen LogP contribution in [0.15, 0.2) is 0 Å². The second kappa shape index (κ2) is 7.32. The molecular formula is C20H31N3O4. The number of nitrogens with one attached hydrogen (secondary N) is 2. The Morgan fingerprint density at radius 3 is 2.04 bits per heavy atom. The molecule has 5 aliphatic rings. The number of ether oxygens (including phenoxy) is 1. The molecule has 4 bridgehead atoms. The van der Waals surface area contributed by atoms with Gasteiger partial charge >= 0.3 is 6.09 Å². The zero-order chi connectivity index (χ0) is 19.0. The summed E-state index contributed by atoms with van der Waals surface area (Å²) < 4.78 is 5.00. The van der Waals surface area contributed by atoms with Gasteiger partial charge in [0.1, 0.15) is 0 Å². The number of carbonyl (C=O) groups excluding carboxylic acids is 3. The number of hydrazine groups is 1. The van der Waals surface area contributed by atoms with Crippen LogP contribution < -0.4 is 10.9 Å². The van der Waals surface area contributed by atoms with Crippen LogP contribution in [0.4, 0.5) is 4.79 Å². The van der Waals surface area contributed by atoms with Crippen molar-refractivity contribution in [3.63, 3.8) is 0 Å². The van der Waals surface area contributed by atoms with Crippen LogP contribution in [0.1, 0.15) is 58.3 Å². The maximum atomic E-state index is 12.9. The van der Waals surface area contributed by atoms with Gasteiger partial charge in [0.05, 0.1) is 12.0 Å². The fraction of sp³-hybridized carbons (Fsp3) is 0.850. The van der Waals surface area contributed by atoms with E-state index in [1.165, 1.54) is 19.3 Å². The lowest BCUT2D eigenvalue weighted by Gasteiger charge is -2.55. The molecule has 0 spiro atoms. The molecule has 0 atom stereocenters. The minimum absolute atomic E-state index is 0.0129. The highest BCUT2D eigenvalue weighted by Gasteiger charge is 2.54. The summed E-state index contributed by atoms with van der Waals surface area (Å²) in [6.07, 6.45) is 7.70. The van der Waals surface area contributed by atoms with Crippen LogP contribution in [0.25, 0.3) is 0 Å². The van der Waals surface area contributed by atoms with Gasteiger partial charge in [-0.1, -0.05) is 0 Å². The molecule has 1 saturated heterocycles. The number of rotatable bonds is 3. The molecule has 7 heteroatoms. The number of nitrogens with zero attached hydrogens (tertiary/aromatic N) is 1. The number of likely N-dealkylation sites (tertiary alicyclic amines) is 1. The minimum atomic E-state index is -0.313. The molecule has 5 fully saturated rings. The van der Waals surface area contributed by atoms with Crippen LogP contribution in [0, 0.1) is 29.1 Å². The average molecular weight is 377 g/mol. The summed E-state index contributed by atoms with van der Waals surface area (Å²) in [7, 11) is 0. The van der Waals surface area contributed by atoms with E-state index >= 15 is 0 Å². The van der Waals surface area contributed by atoms with Gasteiger partial charge in [-0.3, -0.25) is 20.4 Å². The van der Waals surface area contributed by atoms with Crippen molar-refractivity contribution in [1.82, 2.24) is 15.8 Å². The Morgan fingerprint density at radius 2 is 1.52 bits per heavy atom. The zero-order valence-electron chi connectivity index (χ0n) is 16.2. The third-order valence-electron chi connectivity index (χ3n) is 7.21. The molecule has 1 heterocycles. The molecule has 27 heavy (non-hydrogen) atoms. The van der Waals surface area contributed by atoms with Crippen molar-refractivity contribution in [2.45, 2.75) is 58.3 Å². The van der Waals surface area contributed by atoms with E-state index in [2.05, 4.69) is 10.9 Å². The van der Waals surface area contributed by atoms with Gasteiger partial charge in [0, 0.05) is 19.0 Å². The molecule has 150 valence electrons. The average Bonchev–Trinajstić information content (AvgIpc) is 2.65. The van der Waals surface area contributed by atoms with Crippen molar-refractivity contribution in [3.8, 4) is 0 Å². The number of carbonyl (C=O) groups is 3.